The first-order valence-electron chi connectivity index (χ1n) is 9.66. The molecular weight excluding hydrogens is 440 g/mol. The van der Waals surface area contributed by atoms with Gasteiger partial charge in [0.25, 0.3) is 0 Å². The summed E-state index contributed by atoms with van der Waals surface area (Å²) in [5.41, 5.74) is 0. The minimum absolute atomic E-state index is 0.250. The summed E-state index contributed by atoms with van der Waals surface area (Å²) in [5.74, 6) is 0.842. The van der Waals surface area contributed by atoms with Crippen LogP contribution in [0.1, 0.15) is 78.6 Å². The molecule has 1 aromatic heterocycles. The molecule has 1 rings (SSSR count). The van der Waals surface area contributed by atoms with E-state index in [1.807, 2.05) is 6.07 Å². The summed E-state index contributed by atoms with van der Waals surface area (Å²) in [4.78, 5) is 4.70. The Morgan fingerprint density at radius 1 is 1.04 bits per heavy atom. The molecule has 0 spiro atoms. The average Bonchev–Trinajstić information content (AvgIpc) is 2.62. The standard InChI is InChI=1S/C13H27.C7H7ClNO2.Sn/c1-4-7-10-13(11-8-5-2)12-9-6-3;1-10-5-11-7-2-6(8)3-9-4-7;/h4-12H2,1-3H3;2-3H,5H2,1H3;. The zero-order valence-corrected chi connectivity index (χ0v) is 20.0. The van der Waals surface area contributed by atoms with Gasteiger partial charge >= 0.3 is 170 Å². The molecule has 0 amide bonds. The molecule has 0 aliphatic carbocycles. The van der Waals surface area contributed by atoms with E-state index in [4.69, 9.17) is 26.1 Å². The Balaban J connectivity index is 3.07. The maximum atomic E-state index is 6.15. The van der Waals surface area contributed by atoms with Crippen LogP contribution in [0.5, 0.6) is 5.75 Å². The second-order valence-corrected chi connectivity index (χ2v) is 12.3. The van der Waals surface area contributed by atoms with Crippen LogP contribution in [-0.4, -0.2) is 40.0 Å². The Labute approximate surface area is 169 Å². The Hall–Kier alpha value is -0.00130. The van der Waals surface area contributed by atoms with Gasteiger partial charge in [0.1, 0.15) is 0 Å². The van der Waals surface area contributed by atoms with E-state index < -0.39 is 21.1 Å². The molecular formula is C20H34ClNO2Sn. The second kappa shape index (κ2) is 13.2. The Morgan fingerprint density at radius 3 is 2.08 bits per heavy atom. The van der Waals surface area contributed by atoms with Crippen LogP contribution in [0.25, 0.3) is 0 Å². The molecule has 1 aromatic rings. The van der Waals surface area contributed by atoms with E-state index in [0.717, 1.165) is 5.75 Å². The number of aromatic nitrogens is 1. The van der Waals surface area contributed by atoms with Gasteiger partial charge in [-0.3, -0.25) is 0 Å². The van der Waals surface area contributed by atoms with Crippen LogP contribution >= 0.6 is 11.6 Å². The van der Waals surface area contributed by atoms with Crippen LogP contribution in [0.4, 0.5) is 0 Å². The zero-order valence-electron chi connectivity index (χ0n) is 16.4. The van der Waals surface area contributed by atoms with Gasteiger partial charge in [-0.15, -0.1) is 0 Å². The number of unbranched alkanes of at least 4 members (excludes halogenated alkanes) is 3. The third-order valence-corrected chi connectivity index (χ3v) is 10.2. The Bertz CT molecular complexity index is 463. The summed E-state index contributed by atoms with van der Waals surface area (Å²) in [6, 6.07) is 1.91. The predicted octanol–water partition coefficient (Wildman–Crippen LogP) is 5.78. The predicted molar refractivity (Wildman–Crippen MR) is 108 cm³/mol. The molecule has 0 aliphatic rings. The number of nitrogens with zero attached hydrogens (tertiary/aromatic N) is 1. The SMILES string of the molecule is CCCC[C](CCCC)(CCCC)[Sn][c]1ncc(Cl)cc1OCOC. The molecule has 3 nitrogen and oxygen atoms in total. The van der Waals surface area contributed by atoms with Crippen molar-refractivity contribution in [2.24, 2.45) is 0 Å². The van der Waals surface area contributed by atoms with E-state index in [-0.39, 0.29) is 6.79 Å². The van der Waals surface area contributed by atoms with Gasteiger partial charge in [0.15, 0.2) is 0 Å². The van der Waals surface area contributed by atoms with E-state index in [1.54, 1.807) is 13.3 Å². The quantitative estimate of drug-likeness (QED) is 0.253. The molecule has 2 radical (unpaired) electrons. The van der Waals surface area contributed by atoms with E-state index in [9.17, 15) is 0 Å². The van der Waals surface area contributed by atoms with Gasteiger partial charge in [-0.25, -0.2) is 0 Å². The van der Waals surface area contributed by atoms with Crippen LogP contribution < -0.4 is 8.45 Å². The summed E-state index contributed by atoms with van der Waals surface area (Å²) in [6.45, 7) is 7.13. The maximum absolute atomic E-state index is 6.15. The van der Waals surface area contributed by atoms with E-state index in [2.05, 4.69) is 20.8 Å². The van der Waals surface area contributed by atoms with Crippen molar-refractivity contribution < 1.29 is 9.47 Å². The Kier molecular flexibility index (Phi) is 12.2. The first kappa shape index (κ1) is 23.0. The summed E-state index contributed by atoms with van der Waals surface area (Å²) in [7, 11) is 1.64. The molecule has 0 aromatic carbocycles. The topological polar surface area (TPSA) is 31.4 Å². The number of hydrogen-bond donors (Lipinski definition) is 0. The van der Waals surface area contributed by atoms with Crippen molar-refractivity contribution in [2.75, 3.05) is 13.9 Å². The van der Waals surface area contributed by atoms with Crippen LogP contribution in [0.15, 0.2) is 12.3 Å². The van der Waals surface area contributed by atoms with Gasteiger partial charge in [0.05, 0.1) is 0 Å². The van der Waals surface area contributed by atoms with E-state index >= 15 is 0 Å². The van der Waals surface area contributed by atoms with Crippen molar-refractivity contribution in [3.05, 3.63) is 17.3 Å². The summed E-state index contributed by atoms with van der Waals surface area (Å²) < 4.78 is 12.6. The van der Waals surface area contributed by atoms with Gasteiger partial charge in [-0.05, 0) is 0 Å². The molecule has 1 heterocycles. The van der Waals surface area contributed by atoms with Crippen LogP contribution in [0.3, 0.4) is 0 Å². The monoisotopic (exact) mass is 475 g/mol. The zero-order chi connectivity index (χ0) is 18.5. The van der Waals surface area contributed by atoms with Crippen molar-refractivity contribution in [1.29, 1.82) is 0 Å². The molecule has 0 N–H and O–H groups in total. The molecule has 0 saturated carbocycles. The second-order valence-electron chi connectivity index (χ2n) is 6.77. The fraction of sp³-hybridized carbons (Fsp3) is 0.750. The molecule has 0 aliphatic heterocycles. The number of methoxy groups -OCH3 is 1. The van der Waals surface area contributed by atoms with E-state index in [0.29, 0.717) is 8.45 Å². The van der Waals surface area contributed by atoms with Crippen molar-refractivity contribution in [3.8, 4) is 5.75 Å². The number of halogens is 1. The summed E-state index contributed by atoms with van der Waals surface area (Å²) in [5, 5.41) is 0.635. The van der Waals surface area contributed by atoms with Gasteiger partial charge in [0.2, 0.25) is 0 Å². The van der Waals surface area contributed by atoms with Gasteiger partial charge in [-0.1, -0.05) is 0 Å². The number of ether oxygens (including phenoxy) is 2. The van der Waals surface area contributed by atoms with Gasteiger partial charge in [0, 0.05) is 0 Å². The molecule has 5 heteroatoms. The van der Waals surface area contributed by atoms with Crippen LogP contribution in [0, 0.1) is 0 Å². The Morgan fingerprint density at radius 2 is 1.60 bits per heavy atom. The third kappa shape index (κ3) is 8.48. The molecule has 0 bridgehead atoms. The van der Waals surface area contributed by atoms with Crippen molar-refractivity contribution in [1.82, 2.24) is 4.98 Å². The normalized spacial score (nSPS) is 11.7. The molecule has 0 fully saturated rings. The first-order chi connectivity index (χ1) is 12.1. The van der Waals surface area contributed by atoms with Crippen molar-refractivity contribution >= 4 is 36.5 Å². The molecule has 25 heavy (non-hydrogen) atoms. The third-order valence-electron chi connectivity index (χ3n) is 4.56. The van der Waals surface area contributed by atoms with Crippen LogP contribution in [0.2, 0.25) is 8.45 Å². The van der Waals surface area contributed by atoms with E-state index in [1.165, 1.54) is 61.5 Å². The fourth-order valence-electron chi connectivity index (χ4n) is 3.11. The molecule has 142 valence electrons. The summed E-state index contributed by atoms with van der Waals surface area (Å²) in [6.07, 6.45) is 13.5. The van der Waals surface area contributed by atoms with Crippen molar-refractivity contribution in [2.45, 2.75) is 82.0 Å². The van der Waals surface area contributed by atoms with Gasteiger partial charge < -0.3 is 0 Å². The average molecular weight is 475 g/mol. The number of rotatable bonds is 14. The number of pyridine rings is 1. The first-order valence-corrected chi connectivity index (χ1v) is 12.9. The molecule has 0 saturated heterocycles. The fourth-order valence-corrected chi connectivity index (χ4v) is 8.40. The van der Waals surface area contributed by atoms with Crippen molar-refractivity contribution in [3.63, 3.8) is 0 Å². The minimum atomic E-state index is -0.936. The summed E-state index contributed by atoms with van der Waals surface area (Å²) >= 11 is 5.22. The molecule has 0 atom stereocenters. The van der Waals surface area contributed by atoms with Gasteiger partial charge in [-0.2, -0.15) is 0 Å². The van der Waals surface area contributed by atoms with Crippen LogP contribution in [-0.2, 0) is 4.74 Å². The number of hydrogen-bond acceptors (Lipinski definition) is 3. The molecule has 0 unspecified atom stereocenters.